The van der Waals surface area contributed by atoms with Crippen molar-refractivity contribution in [2.45, 2.75) is 50.4 Å². The lowest BCUT2D eigenvalue weighted by molar-refractivity contribution is -0.197. The molecule has 0 radical (unpaired) electrons. The van der Waals surface area contributed by atoms with Crippen LogP contribution in [0.4, 0.5) is 26.3 Å². The molecule has 2 nitrogen and oxygen atoms in total. The SMILES string of the molecule is C[C@@H](OC1OCCCC1c1ccccc1)c1cc(C(F)(F)F)cc(C(F)(F)F)c1. The van der Waals surface area contributed by atoms with E-state index in [4.69, 9.17) is 9.47 Å². The zero-order valence-corrected chi connectivity index (χ0v) is 15.6. The van der Waals surface area contributed by atoms with E-state index in [1.807, 2.05) is 30.3 Å². The highest BCUT2D eigenvalue weighted by atomic mass is 19.4. The molecule has 1 aliphatic heterocycles. The summed E-state index contributed by atoms with van der Waals surface area (Å²) in [5.74, 6) is -0.153. The van der Waals surface area contributed by atoms with Crippen molar-refractivity contribution in [3.63, 3.8) is 0 Å². The molecule has 0 aromatic heterocycles. The number of alkyl halides is 6. The van der Waals surface area contributed by atoms with Crippen molar-refractivity contribution in [3.8, 4) is 0 Å². The molecule has 8 heteroatoms. The molecule has 2 unspecified atom stereocenters. The largest absolute Gasteiger partial charge is 0.416 e. The van der Waals surface area contributed by atoms with Gasteiger partial charge in [-0.15, -0.1) is 0 Å². The van der Waals surface area contributed by atoms with Crippen molar-refractivity contribution in [2.75, 3.05) is 6.61 Å². The molecule has 0 amide bonds. The van der Waals surface area contributed by atoms with Gasteiger partial charge in [-0.2, -0.15) is 26.3 Å². The Balaban J connectivity index is 1.88. The monoisotopic (exact) mass is 418 g/mol. The Morgan fingerprint density at radius 2 is 1.52 bits per heavy atom. The predicted octanol–water partition coefficient (Wildman–Crippen LogP) is 6.72. The van der Waals surface area contributed by atoms with Crippen LogP contribution in [0.15, 0.2) is 48.5 Å². The van der Waals surface area contributed by atoms with E-state index in [-0.39, 0.29) is 17.5 Å². The second-order valence-corrected chi connectivity index (χ2v) is 7.02. The molecule has 1 aliphatic rings. The molecule has 2 aromatic rings. The zero-order chi connectivity index (χ0) is 21.2. The minimum atomic E-state index is -4.90. The van der Waals surface area contributed by atoms with Crippen LogP contribution < -0.4 is 0 Å². The smallest absolute Gasteiger partial charge is 0.352 e. The first-order valence-electron chi connectivity index (χ1n) is 9.17. The summed E-state index contributed by atoms with van der Waals surface area (Å²) in [6.45, 7) is 1.84. The lowest BCUT2D eigenvalue weighted by atomic mass is 9.92. The van der Waals surface area contributed by atoms with E-state index in [0.29, 0.717) is 18.7 Å². The Morgan fingerprint density at radius 3 is 2.07 bits per heavy atom. The molecule has 1 fully saturated rings. The first kappa shape index (κ1) is 21.6. The van der Waals surface area contributed by atoms with Crippen molar-refractivity contribution in [3.05, 3.63) is 70.8 Å². The Labute approximate surface area is 164 Å². The highest BCUT2D eigenvalue weighted by Gasteiger charge is 2.38. The maximum Gasteiger partial charge on any atom is 0.416 e. The molecular formula is C21H20F6O2. The van der Waals surface area contributed by atoms with Crippen LogP contribution in [0.25, 0.3) is 0 Å². The van der Waals surface area contributed by atoms with Gasteiger partial charge in [0.25, 0.3) is 0 Å². The van der Waals surface area contributed by atoms with Gasteiger partial charge in [0.2, 0.25) is 0 Å². The number of benzene rings is 2. The second kappa shape index (κ2) is 8.36. The lowest BCUT2D eigenvalue weighted by Crippen LogP contribution is -2.31. The molecule has 3 rings (SSSR count). The summed E-state index contributed by atoms with van der Waals surface area (Å²) in [6.07, 6.45) is -10.0. The van der Waals surface area contributed by atoms with E-state index in [2.05, 4.69) is 0 Å². The summed E-state index contributed by atoms with van der Waals surface area (Å²) in [5.41, 5.74) is -1.97. The fourth-order valence-electron chi connectivity index (χ4n) is 3.41. The molecule has 0 spiro atoms. The van der Waals surface area contributed by atoms with Crippen molar-refractivity contribution in [1.82, 2.24) is 0 Å². The minimum Gasteiger partial charge on any atom is -0.352 e. The number of rotatable bonds is 4. The molecule has 0 N–H and O–H groups in total. The molecule has 29 heavy (non-hydrogen) atoms. The van der Waals surface area contributed by atoms with Crippen LogP contribution in [-0.2, 0) is 21.8 Å². The normalized spacial score (nSPS) is 21.8. The van der Waals surface area contributed by atoms with Gasteiger partial charge < -0.3 is 9.47 Å². The van der Waals surface area contributed by atoms with E-state index in [0.717, 1.165) is 18.4 Å². The highest BCUT2D eigenvalue weighted by Crippen LogP contribution is 2.39. The van der Waals surface area contributed by atoms with Crippen LogP contribution in [0, 0.1) is 0 Å². The van der Waals surface area contributed by atoms with Crippen molar-refractivity contribution in [1.29, 1.82) is 0 Å². The fraction of sp³-hybridized carbons (Fsp3) is 0.429. The van der Waals surface area contributed by atoms with Crippen LogP contribution >= 0.6 is 0 Å². The third kappa shape index (κ3) is 5.30. The topological polar surface area (TPSA) is 18.5 Å². The number of halogens is 6. The summed E-state index contributed by atoms with van der Waals surface area (Å²) >= 11 is 0. The Hall–Kier alpha value is -2.06. The standard InChI is InChI=1S/C21H20F6O2/c1-13(15-10-16(20(22,23)24)12-17(11-15)21(25,26)27)29-19-18(8-5-9-28-19)14-6-3-2-4-7-14/h2-4,6-7,10-13,18-19H,5,8-9H2,1H3/t13-,18?,19?/m1/s1. The van der Waals surface area contributed by atoms with E-state index in [1.165, 1.54) is 6.92 Å². The minimum absolute atomic E-state index is 0.111. The van der Waals surface area contributed by atoms with E-state index < -0.39 is 35.9 Å². The van der Waals surface area contributed by atoms with Gasteiger partial charge in [0, 0.05) is 12.5 Å². The zero-order valence-electron chi connectivity index (χ0n) is 15.6. The quantitative estimate of drug-likeness (QED) is 0.513. The summed E-state index contributed by atoms with van der Waals surface area (Å²) in [7, 11) is 0. The molecule has 158 valence electrons. The molecular weight excluding hydrogens is 398 g/mol. The van der Waals surface area contributed by atoms with E-state index in [1.54, 1.807) is 0 Å². The van der Waals surface area contributed by atoms with Gasteiger partial charge in [0.05, 0.1) is 17.2 Å². The van der Waals surface area contributed by atoms with Crippen molar-refractivity contribution >= 4 is 0 Å². The molecule has 1 saturated heterocycles. The highest BCUT2D eigenvalue weighted by molar-refractivity contribution is 5.34. The number of hydrogen-bond donors (Lipinski definition) is 0. The molecule has 0 aliphatic carbocycles. The lowest BCUT2D eigenvalue weighted by Gasteiger charge is -2.34. The van der Waals surface area contributed by atoms with Crippen molar-refractivity contribution < 1.29 is 35.8 Å². The van der Waals surface area contributed by atoms with Gasteiger partial charge in [-0.3, -0.25) is 0 Å². The summed E-state index contributed by atoms with van der Waals surface area (Å²) in [6, 6.07) is 10.9. The third-order valence-electron chi connectivity index (χ3n) is 4.92. The average Bonchev–Trinajstić information content (AvgIpc) is 2.67. The molecule has 2 aromatic carbocycles. The Kier molecular flexibility index (Phi) is 6.24. The molecule has 3 atom stereocenters. The van der Waals surface area contributed by atoms with Gasteiger partial charge in [0.15, 0.2) is 6.29 Å². The first-order chi connectivity index (χ1) is 13.6. The van der Waals surface area contributed by atoms with Crippen LogP contribution in [0.3, 0.4) is 0 Å². The summed E-state index contributed by atoms with van der Waals surface area (Å²) in [5, 5.41) is 0. The molecule has 0 bridgehead atoms. The third-order valence-corrected chi connectivity index (χ3v) is 4.92. The average molecular weight is 418 g/mol. The molecule has 1 heterocycles. The maximum absolute atomic E-state index is 13.1. The van der Waals surface area contributed by atoms with Gasteiger partial charge in [-0.1, -0.05) is 30.3 Å². The summed E-state index contributed by atoms with van der Waals surface area (Å²) < 4.78 is 90.1. The summed E-state index contributed by atoms with van der Waals surface area (Å²) in [4.78, 5) is 0. The Bertz CT molecular complexity index is 784. The van der Waals surface area contributed by atoms with Gasteiger partial charge >= 0.3 is 12.4 Å². The van der Waals surface area contributed by atoms with E-state index >= 15 is 0 Å². The van der Waals surface area contributed by atoms with Gasteiger partial charge in [-0.25, -0.2) is 0 Å². The second-order valence-electron chi connectivity index (χ2n) is 7.02. The maximum atomic E-state index is 13.1. The van der Waals surface area contributed by atoms with Crippen LogP contribution in [0.2, 0.25) is 0 Å². The van der Waals surface area contributed by atoms with E-state index in [9.17, 15) is 26.3 Å². The number of ether oxygens (including phenoxy) is 2. The van der Waals surface area contributed by atoms with Crippen LogP contribution in [0.5, 0.6) is 0 Å². The van der Waals surface area contributed by atoms with Gasteiger partial charge in [0.1, 0.15) is 0 Å². The van der Waals surface area contributed by atoms with Crippen LogP contribution in [-0.4, -0.2) is 12.9 Å². The Morgan fingerprint density at radius 1 is 0.931 bits per heavy atom. The first-order valence-corrected chi connectivity index (χ1v) is 9.17. The predicted molar refractivity (Wildman–Crippen MR) is 94.1 cm³/mol. The molecule has 0 saturated carbocycles. The van der Waals surface area contributed by atoms with Gasteiger partial charge in [-0.05, 0) is 49.1 Å². The number of hydrogen-bond acceptors (Lipinski definition) is 2. The fourth-order valence-corrected chi connectivity index (χ4v) is 3.41. The van der Waals surface area contributed by atoms with Crippen molar-refractivity contribution in [2.24, 2.45) is 0 Å². The van der Waals surface area contributed by atoms with Crippen LogP contribution in [0.1, 0.15) is 54.0 Å².